The second-order valence-corrected chi connectivity index (χ2v) is 4.90. The lowest BCUT2D eigenvalue weighted by atomic mass is 10.2. The van der Waals surface area contributed by atoms with Crippen LogP contribution in [0.4, 0.5) is 0 Å². The van der Waals surface area contributed by atoms with Crippen LogP contribution >= 0.6 is 0 Å². The fourth-order valence-corrected chi connectivity index (χ4v) is 1.99. The van der Waals surface area contributed by atoms with Gasteiger partial charge in [-0.05, 0) is 26.0 Å². The Labute approximate surface area is 127 Å². The molecule has 8 nitrogen and oxygen atoms in total. The number of hydrogen-bond acceptors (Lipinski definition) is 4. The van der Waals surface area contributed by atoms with E-state index in [1.165, 1.54) is 10.7 Å². The van der Waals surface area contributed by atoms with Crippen LogP contribution < -0.4 is 5.32 Å². The van der Waals surface area contributed by atoms with E-state index in [2.05, 4.69) is 15.5 Å². The van der Waals surface area contributed by atoms with E-state index in [0.717, 1.165) is 12.2 Å². The van der Waals surface area contributed by atoms with Gasteiger partial charge >= 0.3 is 5.97 Å². The van der Waals surface area contributed by atoms with Gasteiger partial charge < -0.3 is 10.4 Å². The molecule has 0 bridgehead atoms. The minimum Gasteiger partial charge on any atom is -0.476 e. The molecule has 118 valence electrons. The quantitative estimate of drug-likeness (QED) is 0.796. The van der Waals surface area contributed by atoms with Crippen LogP contribution in [-0.2, 0) is 17.9 Å². The lowest BCUT2D eigenvalue weighted by Crippen LogP contribution is -2.28. The fraction of sp³-hybridized carbons (Fsp3) is 0.429. The lowest BCUT2D eigenvalue weighted by Gasteiger charge is -2.11. The molecule has 2 aromatic rings. The van der Waals surface area contributed by atoms with Crippen molar-refractivity contribution in [1.82, 2.24) is 24.9 Å². The zero-order valence-electron chi connectivity index (χ0n) is 12.6. The standard InChI is InChI=1S/C14H19N5O3/c1-3-18-7-4-11(16-18)10(2)15-13(20)6-9-19-8-5-12(17-19)14(21)22/h4-5,7-8,10H,3,6,9H2,1-2H3,(H,15,20)(H,21,22). The largest absolute Gasteiger partial charge is 0.476 e. The summed E-state index contributed by atoms with van der Waals surface area (Å²) in [5.74, 6) is -1.21. The lowest BCUT2D eigenvalue weighted by molar-refractivity contribution is -0.122. The topological polar surface area (TPSA) is 102 Å². The van der Waals surface area contributed by atoms with Crippen LogP contribution in [0.15, 0.2) is 24.5 Å². The maximum Gasteiger partial charge on any atom is 0.356 e. The highest BCUT2D eigenvalue weighted by Crippen LogP contribution is 2.09. The maximum atomic E-state index is 11.9. The van der Waals surface area contributed by atoms with E-state index in [9.17, 15) is 9.59 Å². The first-order valence-corrected chi connectivity index (χ1v) is 7.09. The molecule has 2 rings (SSSR count). The predicted octanol–water partition coefficient (Wildman–Crippen LogP) is 1.07. The number of amides is 1. The summed E-state index contributed by atoms with van der Waals surface area (Å²) in [5, 5.41) is 19.8. The van der Waals surface area contributed by atoms with E-state index in [4.69, 9.17) is 5.11 Å². The van der Waals surface area contributed by atoms with E-state index in [1.807, 2.05) is 26.1 Å². The molecule has 2 N–H and O–H groups in total. The molecule has 0 aliphatic carbocycles. The van der Waals surface area contributed by atoms with E-state index in [1.54, 1.807) is 10.9 Å². The monoisotopic (exact) mass is 305 g/mol. The Morgan fingerprint density at radius 2 is 2.00 bits per heavy atom. The van der Waals surface area contributed by atoms with Crippen molar-refractivity contribution < 1.29 is 14.7 Å². The Bertz CT molecular complexity index is 661. The summed E-state index contributed by atoms with van der Waals surface area (Å²) in [6.45, 7) is 4.98. The van der Waals surface area contributed by atoms with E-state index in [-0.39, 0.29) is 24.1 Å². The summed E-state index contributed by atoms with van der Waals surface area (Å²) < 4.78 is 3.24. The van der Waals surface area contributed by atoms with Crippen LogP contribution in [0, 0.1) is 0 Å². The smallest absolute Gasteiger partial charge is 0.356 e. The number of carbonyl (C=O) groups excluding carboxylic acids is 1. The number of nitrogens with one attached hydrogen (secondary N) is 1. The molecule has 2 heterocycles. The highest BCUT2D eigenvalue weighted by atomic mass is 16.4. The number of aromatic carboxylic acids is 1. The van der Waals surface area contributed by atoms with Crippen LogP contribution in [0.5, 0.6) is 0 Å². The van der Waals surface area contributed by atoms with Gasteiger partial charge in [0, 0.05) is 31.9 Å². The van der Waals surface area contributed by atoms with E-state index < -0.39 is 5.97 Å². The van der Waals surface area contributed by atoms with Gasteiger partial charge in [0.15, 0.2) is 5.69 Å². The fourth-order valence-electron chi connectivity index (χ4n) is 1.99. The molecule has 0 aliphatic rings. The number of rotatable bonds is 7. The molecule has 0 saturated heterocycles. The Morgan fingerprint density at radius 1 is 1.27 bits per heavy atom. The molecule has 0 aliphatic heterocycles. The van der Waals surface area contributed by atoms with Crippen LogP contribution in [0.25, 0.3) is 0 Å². The average Bonchev–Trinajstić information content (AvgIpc) is 3.14. The van der Waals surface area contributed by atoms with Gasteiger partial charge in [0.1, 0.15) is 0 Å². The van der Waals surface area contributed by atoms with Crippen molar-refractivity contribution in [2.75, 3.05) is 0 Å². The number of carboxylic acid groups (broad SMARTS) is 1. The van der Waals surface area contributed by atoms with Crippen LogP contribution in [-0.4, -0.2) is 36.5 Å². The van der Waals surface area contributed by atoms with E-state index in [0.29, 0.717) is 6.54 Å². The van der Waals surface area contributed by atoms with Crippen molar-refractivity contribution in [2.45, 2.75) is 39.4 Å². The molecule has 1 atom stereocenters. The van der Waals surface area contributed by atoms with Gasteiger partial charge in [-0.2, -0.15) is 10.2 Å². The summed E-state index contributed by atoms with van der Waals surface area (Å²) in [5.41, 5.74) is 0.779. The maximum absolute atomic E-state index is 11.9. The molecule has 0 fully saturated rings. The Hall–Kier alpha value is -2.64. The van der Waals surface area contributed by atoms with Gasteiger partial charge in [-0.25, -0.2) is 4.79 Å². The second kappa shape index (κ2) is 6.88. The van der Waals surface area contributed by atoms with Gasteiger partial charge in [0.05, 0.1) is 11.7 Å². The Morgan fingerprint density at radius 3 is 2.59 bits per heavy atom. The normalized spacial score (nSPS) is 12.1. The van der Waals surface area contributed by atoms with Crippen molar-refractivity contribution in [3.05, 3.63) is 35.9 Å². The van der Waals surface area contributed by atoms with E-state index >= 15 is 0 Å². The summed E-state index contributed by atoms with van der Waals surface area (Å²) in [6, 6.07) is 3.11. The molecule has 0 spiro atoms. The number of nitrogens with zero attached hydrogens (tertiary/aromatic N) is 4. The number of carbonyl (C=O) groups is 2. The molecule has 0 aromatic carbocycles. The molecule has 0 saturated carbocycles. The summed E-state index contributed by atoms with van der Waals surface area (Å²) in [7, 11) is 0. The van der Waals surface area contributed by atoms with Gasteiger partial charge in [0.25, 0.3) is 0 Å². The first-order valence-electron chi connectivity index (χ1n) is 7.09. The summed E-state index contributed by atoms with van der Waals surface area (Å²) >= 11 is 0. The van der Waals surface area contributed by atoms with Crippen LogP contribution in [0.1, 0.15) is 42.5 Å². The number of aryl methyl sites for hydroxylation is 2. The third-order valence-electron chi connectivity index (χ3n) is 3.23. The van der Waals surface area contributed by atoms with Gasteiger partial charge in [-0.1, -0.05) is 0 Å². The Kier molecular flexibility index (Phi) is 4.92. The van der Waals surface area contributed by atoms with Crippen molar-refractivity contribution in [2.24, 2.45) is 0 Å². The molecular weight excluding hydrogens is 286 g/mol. The first-order chi connectivity index (χ1) is 10.5. The zero-order valence-corrected chi connectivity index (χ0v) is 12.6. The minimum atomic E-state index is -1.08. The van der Waals surface area contributed by atoms with Crippen molar-refractivity contribution >= 4 is 11.9 Å². The molecule has 8 heteroatoms. The minimum absolute atomic E-state index is 0.0288. The molecule has 1 amide bonds. The number of carboxylic acids is 1. The Balaban J connectivity index is 1.83. The van der Waals surface area contributed by atoms with Crippen molar-refractivity contribution in [1.29, 1.82) is 0 Å². The molecular formula is C14H19N5O3. The predicted molar refractivity (Wildman–Crippen MR) is 78.3 cm³/mol. The molecule has 22 heavy (non-hydrogen) atoms. The third-order valence-corrected chi connectivity index (χ3v) is 3.23. The highest BCUT2D eigenvalue weighted by molar-refractivity contribution is 5.85. The SMILES string of the molecule is CCn1ccc(C(C)NC(=O)CCn2ccc(C(=O)O)n2)n1. The van der Waals surface area contributed by atoms with Crippen LogP contribution in [0.2, 0.25) is 0 Å². The second-order valence-electron chi connectivity index (χ2n) is 4.90. The highest BCUT2D eigenvalue weighted by Gasteiger charge is 2.13. The zero-order chi connectivity index (χ0) is 16.1. The molecule has 0 radical (unpaired) electrons. The van der Waals surface area contributed by atoms with Crippen LogP contribution in [0.3, 0.4) is 0 Å². The average molecular weight is 305 g/mol. The molecule has 2 aromatic heterocycles. The molecule has 1 unspecified atom stereocenters. The van der Waals surface area contributed by atoms with Gasteiger partial charge in [-0.15, -0.1) is 0 Å². The van der Waals surface area contributed by atoms with Crippen molar-refractivity contribution in [3.63, 3.8) is 0 Å². The first kappa shape index (κ1) is 15.7. The van der Waals surface area contributed by atoms with Crippen molar-refractivity contribution in [3.8, 4) is 0 Å². The summed E-state index contributed by atoms with van der Waals surface area (Å²) in [6.07, 6.45) is 3.64. The van der Waals surface area contributed by atoms with Gasteiger partial charge in [-0.3, -0.25) is 14.2 Å². The number of aromatic nitrogens is 4. The number of hydrogen-bond donors (Lipinski definition) is 2. The van der Waals surface area contributed by atoms with Gasteiger partial charge in [0.2, 0.25) is 5.91 Å². The third kappa shape index (κ3) is 3.94. The summed E-state index contributed by atoms with van der Waals surface area (Å²) in [4.78, 5) is 22.6.